The number of hydrogen-bond donors (Lipinski definition) is 0. The molecule has 0 aromatic heterocycles. The Kier molecular flexibility index (Phi) is 3.62. The van der Waals surface area contributed by atoms with E-state index in [1.807, 2.05) is 0 Å². The summed E-state index contributed by atoms with van der Waals surface area (Å²) in [7, 11) is -1.23. The van der Waals surface area contributed by atoms with Crippen LogP contribution in [0.3, 0.4) is 0 Å². The molecular formula is C16H19BF4O2. The lowest BCUT2D eigenvalue weighted by Gasteiger charge is -2.32. The summed E-state index contributed by atoms with van der Waals surface area (Å²) in [4.78, 5) is 0. The lowest BCUT2D eigenvalue weighted by atomic mass is 9.74. The van der Waals surface area contributed by atoms with Crippen molar-refractivity contribution in [1.82, 2.24) is 0 Å². The Morgan fingerprint density at radius 2 is 1.57 bits per heavy atom. The second-order valence-electron chi connectivity index (χ2n) is 7.33. The quantitative estimate of drug-likeness (QED) is 0.602. The van der Waals surface area contributed by atoms with Crippen molar-refractivity contribution >= 4 is 12.6 Å². The van der Waals surface area contributed by atoms with Crippen LogP contribution >= 0.6 is 0 Å². The molecule has 1 aromatic rings. The van der Waals surface area contributed by atoms with Crippen molar-refractivity contribution in [3.8, 4) is 0 Å². The topological polar surface area (TPSA) is 18.5 Å². The summed E-state index contributed by atoms with van der Waals surface area (Å²) in [5.74, 6) is -1.13. The summed E-state index contributed by atoms with van der Waals surface area (Å²) in [6.45, 7) is 7.01. The summed E-state index contributed by atoms with van der Waals surface area (Å²) < 4.78 is 65.7. The minimum absolute atomic E-state index is 0.132. The highest BCUT2D eigenvalue weighted by Crippen LogP contribution is 2.43. The van der Waals surface area contributed by atoms with E-state index in [-0.39, 0.29) is 11.4 Å². The molecule has 1 saturated heterocycles. The first-order valence-corrected chi connectivity index (χ1v) is 7.68. The summed E-state index contributed by atoms with van der Waals surface area (Å²) in [6.07, 6.45) is -3.06. The fourth-order valence-electron chi connectivity index (χ4n) is 2.76. The molecule has 3 rings (SSSR count). The summed E-state index contributed by atoms with van der Waals surface area (Å²) >= 11 is 0. The number of halogens is 4. The van der Waals surface area contributed by atoms with Gasteiger partial charge in [-0.15, -0.1) is 0 Å². The van der Waals surface area contributed by atoms with E-state index in [0.717, 1.165) is 18.9 Å². The SMILES string of the molecule is CC1(C)OB(c2cc(C3CC3)cc(F)c2C(F)(F)F)OC1(C)C. The van der Waals surface area contributed by atoms with Gasteiger partial charge in [-0.3, -0.25) is 0 Å². The molecular weight excluding hydrogens is 311 g/mol. The smallest absolute Gasteiger partial charge is 0.399 e. The molecule has 7 heteroatoms. The van der Waals surface area contributed by atoms with E-state index in [0.29, 0.717) is 5.56 Å². The fourth-order valence-corrected chi connectivity index (χ4v) is 2.76. The Labute approximate surface area is 133 Å². The van der Waals surface area contributed by atoms with Crippen molar-refractivity contribution in [1.29, 1.82) is 0 Å². The molecule has 0 N–H and O–H groups in total. The van der Waals surface area contributed by atoms with Gasteiger partial charge in [0.05, 0.1) is 16.8 Å². The van der Waals surface area contributed by atoms with E-state index >= 15 is 0 Å². The van der Waals surface area contributed by atoms with Gasteiger partial charge in [-0.25, -0.2) is 4.39 Å². The molecule has 1 heterocycles. The predicted molar refractivity (Wildman–Crippen MR) is 79.1 cm³/mol. The zero-order valence-corrected chi connectivity index (χ0v) is 13.6. The van der Waals surface area contributed by atoms with Gasteiger partial charge < -0.3 is 9.31 Å². The maximum absolute atomic E-state index is 14.2. The molecule has 126 valence electrons. The molecule has 0 atom stereocenters. The van der Waals surface area contributed by atoms with Crippen LogP contribution in [0.5, 0.6) is 0 Å². The number of rotatable bonds is 2. The summed E-state index contributed by atoms with van der Waals surface area (Å²) in [6, 6.07) is 2.39. The lowest BCUT2D eigenvalue weighted by Crippen LogP contribution is -2.41. The Hall–Kier alpha value is -1.08. The molecule has 0 radical (unpaired) electrons. The highest BCUT2D eigenvalue weighted by Gasteiger charge is 2.54. The Balaban J connectivity index is 2.10. The van der Waals surface area contributed by atoms with Crippen molar-refractivity contribution in [3.05, 3.63) is 29.1 Å². The van der Waals surface area contributed by atoms with Gasteiger partial charge in [0, 0.05) is 0 Å². The predicted octanol–water partition coefficient (Wildman–Crippen LogP) is 4.02. The number of alkyl halides is 3. The third-order valence-corrected chi connectivity index (χ3v) is 4.98. The van der Waals surface area contributed by atoms with E-state index in [1.165, 1.54) is 6.07 Å². The van der Waals surface area contributed by atoms with Crippen LogP contribution in [-0.2, 0) is 15.5 Å². The van der Waals surface area contributed by atoms with Gasteiger partial charge >= 0.3 is 13.3 Å². The minimum atomic E-state index is -4.80. The van der Waals surface area contributed by atoms with E-state index in [4.69, 9.17) is 9.31 Å². The standard InChI is InChI=1S/C16H19BF4O2/c1-14(2)15(3,4)23-17(22-14)11-7-10(9-5-6-9)8-12(18)13(11)16(19,20)21/h7-9H,5-6H2,1-4H3. The highest BCUT2D eigenvalue weighted by molar-refractivity contribution is 6.62. The normalized spacial score (nSPS) is 23.4. The van der Waals surface area contributed by atoms with Crippen molar-refractivity contribution in [2.24, 2.45) is 0 Å². The Bertz CT molecular complexity index is 620. The molecule has 2 aliphatic rings. The van der Waals surface area contributed by atoms with Crippen LogP contribution in [0.1, 0.15) is 57.6 Å². The van der Waals surface area contributed by atoms with Crippen LogP contribution in [0.25, 0.3) is 0 Å². The molecule has 0 amide bonds. The number of hydrogen-bond acceptors (Lipinski definition) is 2. The van der Waals surface area contributed by atoms with Gasteiger partial charge in [-0.2, -0.15) is 13.2 Å². The van der Waals surface area contributed by atoms with E-state index in [9.17, 15) is 17.6 Å². The van der Waals surface area contributed by atoms with Crippen LogP contribution < -0.4 is 5.46 Å². The van der Waals surface area contributed by atoms with Crippen LogP contribution in [0, 0.1) is 5.82 Å². The Morgan fingerprint density at radius 3 is 2.00 bits per heavy atom. The maximum Gasteiger partial charge on any atom is 0.495 e. The first kappa shape index (κ1) is 16.8. The highest BCUT2D eigenvalue weighted by atomic mass is 19.4. The van der Waals surface area contributed by atoms with Crippen molar-refractivity contribution in [2.75, 3.05) is 0 Å². The molecule has 2 fully saturated rings. The van der Waals surface area contributed by atoms with Crippen LogP contribution in [-0.4, -0.2) is 18.3 Å². The second-order valence-corrected chi connectivity index (χ2v) is 7.33. The van der Waals surface area contributed by atoms with Crippen LogP contribution in [0.15, 0.2) is 12.1 Å². The van der Waals surface area contributed by atoms with Gasteiger partial charge in [0.15, 0.2) is 0 Å². The molecule has 23 heavy (non-hydrogen) atoms. The first-order valence-electron chi connectivity index (χ1n) is 7.68. The molecule has 1 aliphatic carbocycles. The van der Waals surface area contributed by atoms with E-state index < -0.39 is 35.9 Å². The van der Waals surface area contributed by atoms with Crippen LogP contribution in [0.4, 0.5) is 17.6 Å². The molecule has 1 aromatic carbocycles. The first-order chi connectivity index (χ1) is 10.4. The second kappa shape index (κ2) is 4.96. The average Bonchev–Trinajstić information content (AvgIpc) is 3.15. The fraction of sp³-hybridized carbons (Fsp3) is 0.625. The summed E-state index contributed by atoms with van der Waals surface area (Å²) in [5.41, 5.74) is -2.54. The molecule has 0 bridgehead atoms. The lowest BCUT2D eigenvalue weighted by molar-refractivity contribution is -0.139. The Morgan fingerprint density at radius 1 is 1.04 bits per heavy atom. The largest absolute Gasteiger partial charge is 0.495 e. The van der Waals surface area contributed by atoms with Gasteiger partial charge in [-0.1, -0.05) is 6.07 Å². The molecule has 0 spiro atoms. The molecule has 0 unspecified atom stereocenters. The summed E-state index contributed by atoms with van der Waals surface area (Å²) in [5, 5.41) is 0. The molecule has 1 saturated carbocycles. The maximum atomic E-state index is 14.2. The minimum Gasteiger partial charge on any atom is -0.399 e. The third kappa shape index (κ3) is 2.89. The van der Waals surface area contributed by atoms with Gasteiger partial charge in [0.25, 0.3) is 0 Å². The zero-order valence-electron chi connectivity index (χ0n) is 13.6. The number of benzene rings is 1. The van der Waals surface area contributed by atoms with Crippen molar-refractivity contribution < 1.29 is 26.9 Å². The third-order valence-electron chi connectivity index (χ3n) is 4.98. The van der Waals surface area contributed by atoms with Crippen molar-refractivity contribution in [2.45, 2.75) is 63.8 Å². The van der Waals surface area contributed by atoms with Crippen LogP contribution in [0.2, 0.25) is 0 Å². The molecule has 1 aliphatic heterocycles. The average molecular weight is 330 g/mol. The van der Waals surface area contributed by atoms with E-state index in [2.05, 4.69) is 0 Å². The van der Waals surface area contributed by atoms with Gasteiger partial charge in [0.2, 0.25) is 0 Å². The monoisotopic (exact) mass is 330 g/mol. The van der Waals surface area contributed by atoms with Crippen molar-refractivity contribution in [3.63, 3.8) is 0 Å². The zero-order chi connectivity index (χ0) is 17.2. The van der Waals surface area contributed by atoms with Gasteiger partial charge in [-0.05, 0) is 63.5 Å². The van der Waals surface area contributed by atoms with E-state index in [1.54, 1.807) is 27.7 Å². The molecule has 2 nitrogen and oxygen atoms in total. The van der Waals surface area contributed by atoms with Gasteiger partial charge in [0.1, 0.15) is 5.82 Å².